The van der Waals surface area contributed by atoms with Crippen molar-refractivity contribution in [3.63, 3.8) is 0 Å². The number of alkyl halides is 3. The number of anilines is 1. The minimum absolute atomic E-state index is 0.0500. The van der Waals surface area contributed by atoms with E-state index < -0.39 is 18.7 Å². The normalized spacial score (nSPS) is 11.2. The van der Waals surface area contributed by atoms with Gasteiger partial charge in [0.1, 0.15) is 18.4 Å². The van der Waals surface area contributed by atoms with Crippen molar-refractivity contribution in [3.8, 4) is 5.75 Å². The predicted molar refractivity (Wildman–Crippen MR) is 91.5 cm³/mol. The lowest BCUT2D eigenvalue weighted by Crippen LogP contribution is -2.20. The summed E-state index contributed by atoms with van der Waals surface area (Å²) in [6, 6.07) is 12.7. The van der Waals surface area contributed by atoms with Crippen LogP contribution in [0.5, 0.6) is 5.75 Å². The highest BCUT2D eigenvalue weighted by atomic mass is 19.4. The first-order valence-corrected chi connectivity index (χ1v) is 7.92. The Bertz CT molecular complexity index is 894. The summed E-state index contributed by atoms with van der Waals surface area (Å²) in [5.41, 5.74) is 1.45. The number of halogens is 3. The summed E-state index contributed by atoms with van der Waals surface area (Å²) < 4.78 is 43.5. The highest BCUT2D eigenvalue weighted by molar-refractivity contribution is 6.05. The van der Waals surface area contributed by atoms with Gasteiger partial charge in [-0.3, -0.25) is 4.79 Å². The number of nitrogens with zero attached hydrogens (tertiary/aromatic N) is 3. The zero-order valence-electron chi connectivity index (χ0n) is 14.0. The van der Waals surface area contributed by atoms with Gasteiger partial charge in [-0.1, -0.05) is 24.3 Å². The van der Waals surface area contributed by atoms with Crippen LogP contribution < -0.4 is 10.1 Å². The summed E-state index contributed by atoms with van der Waals surface area (Å²) in [4.78, 5) is 16.2. The van der Waals surface area contributed by atoms with Crippen LogP contribution in [0.25, 0.3) is 0 Å². The van der Waals surface area contributed by atoms with Gasteiger partial charge in [-0.05, 0) is 29.8 Å². The second kappa shape index (κ2) is 7.90. The van der Waals surface area contributed by atoms with E-state index in [1.807, 2.05) is 0 Å². The Morgan fingerprint density at radius 3 is 2.52 bits per heavy atom. The molecular formula is C18H15F3N4O2. The van der Waals surface area contributed by atoms with E-state index in [9.17, 15) is 18.0 Å². The Morgan fingerprint density at radius 2 is 1.85 bits per heavy atom. The second-order valence-electron chi connectivity index (χ2n) is 5.64. The molecule has 0 fully saturated rings. The van der Waals surface area contributed by atoms with Crippen molar-refractivity contribution >= 4 is 11.6 Å². The average molecular weight is 376 g/mol. The number of carbonyl (C=O) groups excluding carboxylic acids is 1. The maximum absolute atomic E-state index is 12.4. The monoisotopic (exact) mass is 376 g/mol. The molecular weight excluding hydrogens is 361 g/mol. The third-order valence-electron chi connectivity index (χ3n) is 3.55. The predicted octanol–water partition coefficient (Wildman–Crippen LogP) is 3.52. The molecule has 0 aliphatic heterocycles. The summed E-state index contributed by atoms with van der Waals surface area (Å²) >= 11 is 0. The first-order valence-electron chi connectivity index (χ1n) is 7.92. The Kier molecular flexibility index (Phi) is 5.39. The van der Waals surface area contributed by atoms with Crippen molar-refractivity contribution in [2.75, 3.05) is 11.9 Å². The van der Waals surface area contributed by atoms with E-state index in [0.29, 0.717) is 12.1 Å². The fourth-order valence-electron chi connectivity index (χ4n) is 2.31. The minimum Gasteiger partial charge on any atom is -0.482 e. The molecule has 1 heterocycles. The molecule has 1 aromatic heterocycles. The Labute approximate surface area is 152 Å². The molecule has 1 N–H and O–H groups in total. The van der Waals surface area contributed by atoms with Crippen LogP contribution in [0.2, 0.25) is 0 Å². The highest BCUT2D eigenvalue weighted by Gasteiger charge is 2.28. The molecule has 0 saturated heterocycles. The quantitative estimate of drug-likeness (QED) is 0.715. The molecule has 3 rings (SSSR count). The minimum atomic E-state index is -4.46. The summed E-state index contributed by atoms with van der Waals surface area (Å²) in [6.07, 6.45) is -1.45. The molecule has 6 nitrogen and oxygen atoms in total. The lowest BCUT2D eigenvalue weighted by atomic mass is 10.1. The zero-order chi connectivity index (χ0) is 19.3. The first-order chi connectivity index (χ1) is 12.9. The van der Waals surface area contributed by atoms with Gasteiger partial charge in [0.05, 0.1) is 12.2 Å². The van der Waals surface area contributed by atoms with Gasteiger partial charge in [0.2, 0.25) is 0 Å². The number of nitrogens with one attached hydrogen (secondary N) is 1. The summed E-state index contributed by atoms with van der Waals surface area (Å²) in [7, 11) is 0. The van der Waals surface area contributed by atoms with Gasteiger partial charge in [-0.15, -0.1) is 0 Å². The van der Waals surface area contributed by atoms with Crippen molar-refractivity contribution in [2.45, 2.75) is 12.7 Å². The van der Waals surface area contributed by atoms with Crippen LogP contribution in [0.4, 0.5) is 18.9 Å². The van der Waals surface area contributed by atoms with Crippen molar-refractivity contribution in [1.29, 1.82) is 0 Å². The Balaban J connectivity index is 1.66. The summed E-state index contributed by atoms with van der Waals surface area (Å²) in [5, 5.41) is 6.57. The van der Waals surface area contributed by atoms with Gasteiger partial charge in [-0.25, -0.2) is 9.67 Å². The molecule has 9 heteroatoms. The average Bonchev–Trinajstić information content (AvgIpc) is 3.14. The molecule has 0 atom stereocenters. The number of aromatic nitrogens is 3. The molecule has 140 valence electrons. The first kappa shape index (κ1) is 18.4. The van der Waals surface area contributed by atoms with E-state index in [4.69, 9.17) is 4.74 Å². The molecule has 0 bridgehead atoms. The third kappa shape index (κ3) is 5.30. The highest BCUT2D eigenvalue weighted by Crippen LogP contribution is 2.26. The number of carbonyl (C=O) groups is 1. The number of rotatable bonds is 6. The van der Waals surface area contributed by atoms with E-state index >= 15 is 0 Å². The number of hydrogen-bond donors (Lipinski definition) is 1. The Morgan fingerprint density at radius 1 is 1.11 bits per heavy atom. The van der Waals surface area contributed by atoms with E-state index in [-0.39, 0.29) is 11.4 Å². The number of hydrogen-bond acceptors (Lipinski definition) is 4. The molecule has 0 saturated carbocycles. The van der Waals surface area contributed by atoms with Crippen molar-refractivity contribution in [2.24, 2.45) is 0 Å². The SMILES string of the molecule is O=C(Nc1ccccc1OCC(F)(F)F)c1ccc(Cn2cncn2)cc1. The topological polar surface area (TPSA) is 69.0 Å². The van der Waals surface area contributed by atoms with Gasteiger partial charge >= 0.3 is 6.18 Å². The van der Waals surface area contributed by atoms with Crippen molar-refractivity contribution < 1.29 is 22.7 Å². The summed E-state index contributed by atoms with van der Waals surface area (Å²) in [6.45, 7) is -0.924. The largest absolute Gasteiger partial charge is 0.482 e. The van der Waals surface area contributed by atoms with Crippen molar-refractivity contribution in [3.05, 3.63) is 72.3 Å². The second-order valence-corrected chi connectivity index (χ2v) is 5.64. The van der Waals surface area contributed by atoms with Gasteiger partial charge in [0.25, 0.3) is 5.91 Å². The zero-order valence-corrected chi connectivity index (χ0v) is 14.0. The summed E-state index contributed by atoms with van der Waals surface area (Å²) in [5.74, 6) is -0.503. The van der Waals surface area contributed by atoms with Crippen LogP contribution in [-0.4, -0.2) is 33.5 Å². The number of para-hydroxylation sites is 2. The standard InChI is InChI=1S/C18H15F3N4O2/c19-18(20,21)10-27-16-4-2-1-3-15(16)24-17(26)14-7-5-13(6-8-14)9-25-12-22-11-23-25/h1-8,11-12H,9-10H2,(H,24,26). The van der Waals surface area contributed by atoms with Gasteiger partial charge < -0.3 is 10.1 Å². The molecule has 0 aliphatic rings. The van der Waals surface area contributed by atoms with Crippen LogP contribution in [0.1, 0.15) is 15.9 Å². The molecule has 3 aromatic rings. The van der Waals surface area contributed by atoms with Crippen LogP contribution in [0.15, 0.2) is 61.2 Å². The smallest absolute Gasteiger partial charge is 0.422 e. The third-order valence-corrected chi connectivity index (χ3v) is 3.55. The van der Waals surface area contributed by atoms with Crippen molar-refractivity contribution in [1.82, 2.24) is 14.8 Å². The van der Waals surface area contributed by atoms with E-state index in [1.165, 1.54) is 24.5 Å². The molecule has 0 unspecified atom stereocenters. The van der Waals surface area contributed by atoms with Gasteiger partial charge in [0, 0.05) is 5.56 Å². The maximum atomic E-state index is 12.4. The molecule has 0 radical (unpaired) electrons. The fourth-order valence-corrected chi connectivity index (χ4v) is 2.31. The number of ether oxygens (including phenoxy) is 1. The van der Waals surface area contributed by atoms with Crippen LogP contribution in [-0.2, 0) is 6.54 Å². The van der Waals surface area contributed by atoms with Crippen LogP contribution in [0, 0.1) is 0 Å². The van der Waals surface area contributed by atoms with E-state index in [0.717, 1.165) is 5.56 Å². The molecule has 1 amide bonds. The lowest BCUT2D eigenvalue weighted by molar-refractivity contribution is -0.153. The molecule has 27 heavy (non-hydrogen) atoms. The van der Waals surface area contributed by atoms with E-state index in [2.05, 4.69) is 15.4 Å². The van der Waals surface area contributed by atoms with E-state index in [1.54, 1.807) is 41.3 Å². The Hall–Kier alpha value is -3.36. The molecule has 2 aromatic carbocycles. The maximum Gasteiger partial charge on any atom is 0.422 e. The number of benzene rings is 2. The number of amides is 1. The lowest BCUT2D eigenvalue weighted by Gasteiger charge is -2.14. The van der Waals surface area contributed by atoms with Crippen LogP contribution in [0.3, 0.4) is 0 Å². The fraction of sp³-hybridized carbons (Fsp3) is 0.167. The van der Waals surface area contributed by atoms with Gasteiger partial charge in [0.15, 0.2) is 6.61 Å². The molecule has 0 aliphatic carbocycles. The molecule has 0 spiro atoms. The van der Waals surface area contributed by atoms with Gasteiger partial charge in [-0.2, -0.15) is 18.3 Å². The van der Waals surface area contributed by atoms with Crippen LogP contribution >= 0.6 is 0 Å².